The van der Waals surface area contributed by atoms with Crippen LogP contribution in [-0.2, 0) is 0 Å². The maximum atomic E-state index is 6.23. The highest BCUT2D eigenvalue weighted by atomic mass is 35.5. The average molecular weight is 333 g/mol. The molecule has 0 aromatic heterocycles. The molecule has 0 N–H and O–H groups in total. The molecule has 4 aliphatic heterocycles. The fourth-order valence-electron chi connectivity index (χ4n) is 3.65. The maximum absolute atomic E-state index is 6.23. The minimum absolute atomic E-state index is 0.783. The summed E-state index contributed by atoms with van der Waals surface area (Å²) < 4.78 is 0. The first-order valence-electron chi connectivity index (χ1n) is 7.28. The van der Waals surface area contributed by atoms with Crippen molar-refractivity contribution in [1.29, 1.82) is 0 Å². The summed E-state index contributed by atoms with van der Waals surface area (Å²) >= 11 is 12.5. The van der Waals surface area contributed by atoms with Gasteiger partial charge in [0.2, 0.25) is 0 Å². The summed E-state index contributed by atoms with van der Waals surface area (Å²) in [4.78, 5) is 9.55. The number of hydrogen-bond donors (Lipinski definition) is 0. The first kappa shape index (κ1) is 12.7. The monoisotopic (exact) mass is 332 g/mol. The Morgan fingerprint density at radius 2 is 0.909 bits per heavy atom. The summed E-state index contributed by atoms with van der Waals surface area (Å²) in [6, 6.07) is 12.3. The third-order valence-corrected chi connectivity index (χ3v) is 5.07. The molecular weight excluding hydrogens is 319 g/mol. The minimum atomic E-state index is 0.783. The van der Waals surface area contributed by atoms with Gasteiger partial charge in [-0.2, -0.15) is 0 Å². The highest BCUT2D eigenvalue weighted by Crippen LogP contribution is 2.44. The summed E-state index contributed by atoms with van der Waals surface area (Å²) in [5, 5.41) is 1.57. The third kappa shape index (κ3) is 1.71. The molecule has 0 fully saturated rings. The van der Waals surface area contributed by atoms with Crippen LogP contribution in [0.25, 0.3) is 0 Å². The molecule has 0 spiro atoms. The van der Waals surface area contributed by atoms with E-state index in [1.54, 1.807) is 0 Å². The van der Waals surface area contributed by atoms with Crippen LogP contribution in [-0.4, -0.2) is 26.7 Å². The predicted molar refractivity (Wildman–Crippen MR) is 92.3 cm³/mol. The van der Waals surface area contributed by atoms with Gasteiger partial charge in [-0.25, -0.2) is 0 Å². The topological polar surface area (TPSA) is 13.0 Å². The second-order valence-electron chi connectivity index (χ2n) is 5.99. The fourth-order valence-corrected chi connectivity index (χ4v) is 3.98. The van der Waals surface area contributed by atoms with E-state index in [4.69, 9.17) is 23.2 Å². The normalized spacial score (nSPS) is 18.3. The van der Waals surface area contributed by atoms with E-state index in [2.05, 4.69) is 43.9 Å². The summed E-state index contributed by atoms with van der Waals surface area (Å²) in [6.07, 6.45) is 0. The molecule has 0 aliphatic carbocycles. The Kier molecular flexibility index (Phi) is 2.53. The van der Waals surface area contributed by atoms with Gasteiger partial charge < -0.3 is 19.6 Å². The van der Waals surface area contributed by atoms with Crippen molar-refractivity contribution in [1.82, 2.24) is 0 Å². The number of nitrogens with zero attached hydrogens (tertiary/aromatic N) is 4. The van der Waals surface area contributed by atoms with Gasteiger partial charge in [0.15, 0.2) is 0 Å². The molecule has 0 radical (unpaired) electrons. The van der Waals surface area contributed by atoms with Gasteiger partial charge in [-0.15, -0.1) is 0 Å². The Labute approximate surface area is 139 Å². The Morgan fingerprint density at radius 1 is 0.545 bits per heavy atom. The summed E-state index contributed by atoms with van der Waals surface area (Å²) in [5.74, 6) is 0. The van der Waals surface area contributed by atoms with Crippen LogP contribution >= 0.6 is 23.2 Å². The molecule has 22 heavy (non-hydrogen) atoms. The van der Waals surface area contributed by atoms with Gasteiger partial charge in [0.25, 0.3) is 0 Å². The molecule has 0 atom stereocenters. The molecule has 6 heteroatoms. The van der Waals surface area contributed by atoms with Crippen molar-refractivity contribution in [2.45, 2.75) is 0 Å². The molecule has 4 nitrogen and oxygen atoms in total. The van der Waals surface area contributed by atoms with E-state index in [-0.39, 0.29) is 0 Å². The molecule has 0 unspecified atom stereocenters. The van der Waals surface area contributed by atoms with Crippen molar-refractivity contribution in [2.24, 2.45) is 0 Å². The van der Waals surface area contributed by atoms with Gasteiger partial charge in [0.05, 0.1) is 49.4 Å². The lowest BCUT2D eigenvalue weighted by molar-refractivity contribution is 0.659. The lowest BCUT2D eigenvalue weighted by atomic mass is 10.2. The highest BCUT2D eigenvalue weighted by Gasteiger charge is 2.36. The minimum Gasteiger partial charge on any atom is -0.334 e. The number of rotatable bonds is 0. The van der Waals surface area contributed by atoms with Gasteiger partial charge in [-0.1, -0.05) is 23.2 Å². The van der Waals surface area contributed by atoms with E-state index in [9.17, 15) is 0 Å². The molecule has 0 saturated heterocycles. The summed E-state index contributed by atoms with van der Waals surface area (Å²) in [6.45, 7) is 3.42. The quantitative estimate of drug-likeness (QED) is 0.727. The van der Waals surface area contributed by atoms with E-state index in [0.717, 1.165) is 36.7 Å². The number of hydrogen-bond acceptors (Lipinski definition) is 4. The van der Waals surface area contributed by atoms with Crippen molar-refractivity contribution < 1.29 is 0 Å². The molecule has 2 aromatic carbocycles. The highest BCUT2D eigenvalue weighted by molar-refractivity contribution is 6.31. The first-order chi connectivity index (χ1) is 10.7. The zero-order valence-corrected chi connectivity index (χ0v) is 13.3. The maximum Gasteiger partial charge on any atom is 0.0939 e. The smallest absolute Gasteiger partial charge is 0.0939 e. The molecule has 0 amide bonds. The lowest BCUT2D eigenvalue weighted by Crippen LogP contribution is -2.48. The van der Waals surface area contributed by atoms with Crippen LogP contribution in [0.2, 0.25) is 10.0 Å². The second kappa shape index (κ2) is 4.37. The number of anilines is 4. The van der Waals surface area contributed by atoms with Crippen molar-refractivity contribution in [3.8, 4) is 0 Å². The van der Waals surface area contributed by atoms with Crippen molar-refractivity contribution >= 4 is 46.0 Å². The second-order valence-corrected chi connectivity index (χ2v) is 6.86. The molecule has 112 valence electrons. The van der Waals surface area contributed by atoms with E-state index in [1.165, 1.54) is 22.7 Å². The predicted octanol–water partition coefficient (Wildman–Crippen LogP) is 3.79. The van der Waals surface area contributed by atoms with E-state index < -0.39 is 0 Å². The van der Waals surface area contributed by atoms with Crippen LogP contribution in [0.15, 0.2) is 36.4 Å². The van der Waals surface area contributed by atoms with Crippen molar-refractivity contribution in [2.75, 3.05) is 46.3 Å². The molecule has 4 bridgehead atoms. The van der Waals surface area contributed by atoms with E-state index >= 15 is 0 Å². The Balaban J connectivity index is 1.72. The van der Waals surface area contributed by atoms with Crippen LogP contribution in [0.3, 0.4) is 0 Å². The zero-order chi connectivity index (χ0) is 14.8. The number of benzene rings is 2. The van der Waals surface area contributed by atoms with Gasteiger partial charge in [-0.3, -0.25) is 0 Å². The zero-order valence-electron chi connectivity index (χ0n) is 11.8. The van der Waals surface area contributed by atoms with Crippen LogP contribution in [0.4, 0.5) is 22.7 Å². The number of halogens is 2. The van der Waals surface area contributed by atoms with Gasteiger partial charge in [0, 0.05) is 10.0 Å². The van der Waals surface area contributed by atoms with Crippen LogP contribution < -0.4 is 19.6 Å². The molecule has 6 rings (SSSR count). The SMILES string of the molecule is Clc1ccc2c(c1)N1CN3CN2CN(C1)c1cc(Cl)ccc13. The summed E-state index contributed by atoms with van der Waals surface area (Å²) in [5.41, 5.74) is 4.90. The van der Waals surface area contributed by atoms with Gasteiger partial charge in [-0.05, 0) is 36.4 Å². The molecular formula is C16H14Cl2N4. The Bertz CT molecular complexity index is 715. The average Bonchev–Trinajstić information content (AvgIpc) is 2.84. The summed E-state index contributed by atoms with van der Waals surface area (Å²) in [7, 11) is 0. The molecule has 2 aromatic rings. The standard InChI is InChI=1S/C16H14Cl2N4/c17-11-1-3-13-15(5-11)21-9-20-7-19(13)8-22(10-21)16-6-12(18)2-4-14(16)20/h1-6H,7-10H2. The van der Waals surface area contributed by atoms with E-state index in [1.807, 2.05) is 12.1 Å². The molecule has 4 aliphatic rings. The molecule has 0 saturated carbocycles. The van der Waals surface area contributed by atoms with Crippen molar-refractivity contribution in [3.05, 3.63) is 46.4 Å². The van der Waals surface area contributed by atoms with Crippen LogP contribution in [0.1, 0.15) is 0 Å². The van der Waals surface area contributed by atoms with Gasteiger partial charge >= 0.3 is 0 Å². The Hall–Kier alpha value is -1.78. The largest absolute Gasteiger partial charge is 0.334 e. The Morgan fingerprint density at radius 3 is 1.32 bits per heavy atom. The van der Waals surface area contributed by atoms with E-state index in [0.29, 0.717) is 0 Å². The van der Waals surface area contributed by atoms with Crippen LogP contribution in [0.5, 0.6) is 0 Å². The fraction of sp³-hybridized carbons (Fsp3) is 0.250. The molecule has 4 heterocycles. The van der Waals surface area contributed by atoms with Crippen molar-refractivity contribution in [3.63, 3.8) is 0 Å². The third-order valence-electron chi connectivity index (χ3n) is 4.60. The van der Waals surface area contributed by atoms with Crippen LogP contribution in [0, 0.1) is 0 Å². The lowest BCUT2D eigenvalue weighted by Gasteiger charge is -2.33. The first-order valence-corrected chi connectivity index (χ1v) is 8.03. The van der Waals surface area contributed by atoms with Gasteiger partial charge in [0.1, 0.15) is 0 Å².